The SMILES string of the molecule is CCCCCCCCCCCCCCCCC(=O)O[C@H](COC(=O)CCCCCCCCCCC(C)CC)COP(=O)(O)OC[C@@H](O)COP(=O)(O)OC[C@@H](COC(=O)CCCCCCCCCCCCC)OC(=O)CCCCCCCCCCCCC. The van der Waals surface area contributed by atoms with Crippen LogP contribution < -0.4 is 0 Å². The maximum absolute atomic E-state index is 13.0. The van der Waals surface area contributed by atoms with Crippen molar-refractivity contribution in [3.8, 4) is 0 Å². The van der Waals surface area contributed by atoms with Crippen molar-refractivity contribution in [3.05, 3.63) is 0 Å². The first-order valence-electron chi connectivity index (χ1n) is 36.2. The Bertz CT molecular complexity index is 1710. The summed E-state index contributed by atoms with van der Waals surface area (Å²) in [5.74, 6) is -1.34. The third-order valence-corrected chi connectivity index (χ3v) is 18.3. The first kappa shape index (κ1) is 86.1. The third kappa shape index (κ3) is 61.6. The average molecular weight is 1300 g/mol. The number of carbonyl (C=O) groups is 4. The van der Waals surface area contributed by atoms with Gasteiger partial charge in [0.15, 0.2) is 12.2 Å². The molecule has 0 aliphatic rings. The minimum Gasteiger partial charge on any atom is -0.462 e. The van der Waals surface area contributed by atoms with Gasteiger partial charge in [0.05, 0.1) is 26.4 Å². The topological polar surface area (TPSA) is 237 Å². The molecule has 0 amide bonds. The second-order valence-corrected chi connectivity index (χ2v) is 28.1. The van der Waals surface area contributed by atoms with Gasteiger partial charge < -0.3 is 33.8 Å². The second-order valence-electron chi connectivity index (χ2n) is 25.2. The van der Waals surface area contributed by atoms with Crippen LogP contribution in [0, 0.1) is 5.92 Å². The number of phosphoric acid groups is 2. The molecule has 0 saturated heterocycles. The van der Waals surface area contributed by atoms with Gasteiger partial charge in [-0.2, -0.15) is 0 Å². The van der Waals surface area contributed by atoms with Crippen molar-refractivity contribution in [2.75, 3.05) is 39.6 Å². The fourth-order valence-corrected chi connectivity index (χ4v) is 12.0. The molecule has 3 N–H and O–H groups in total. The van der Waals surface area contributed by atoms with Gasteiger partial charge in [0, 0.05) is 25.7 Å². The minimum atomic E-state index is -4.95. The van der Waals surface area contributed by atoms with Gasteiger partial charge in [0.1, 0.15) is 19.3 Å². The fraction of sp³-hybridized carbons (Fsp3) is 0.942. The molecule has 0 aromatic rings. The molecular formula is C69H134O17P2. The van der Waals surface area contributed by atoms with E-state index in [0.717, 1.165) is 95.8 Å². The summed E-state index contributed by atoms with van der Waals surface area (Å²) >= 11 is 0. The molecule has 0 saturated carbocycles. The monoisotopic (exact) mass is 1300 g/mol. The van der Waals surface area contributed by atoms with Crippen molar-refractivity contribution in [1.29, 1.82) is 0 Å². The fourth-order valence-electron chi connectivity index (χ4n) is 10.4. The molecule has 0 aliphatic heterocycles. The second kappa shape index (κ2) is 62.5. The molecule has 0 rings (SSSR count). The average Bonchev–Trinajstić information content (AvgIpc) is 3.66. The number of rotatable bonds is 69. The van der Waals surface area contributed by atoms with Crippen LogP contribution in [-0.2, 0) is 65.4 Å². The zero-order valence-corrected chi connectivity index (χ0v) is 58.6. The van der Waals surface area contributed by atoms with Gasteiger partial charge in [0.2, 0.25) is 0 Å². The number of aliphatic hydroxyl groups excluding tert-OH is 1. The van der Waals surface area contributed by atoms with Crippen LogP contribution in [-0.4, -0.2) is 96.7 Å². The highest BCUT2D eigenvalue weighted by molar-refractivity contribution is 7.47. The molecule has 0 aliphatic carbocycles. The van der Waals surface area contributed by atoms with E-state index in [1.54, 1.807) is 0 Å². The first-order chi connectivity index (χ1) is 42.6. The molecule has 0 radical (unpaired) electrons. The molecule has 0 fully saturated rings. The van der Waals surface area contributed by atoms with Crippen LogP contribution in [0.25, 0.3) is 0 Å². The lowest BCUT2D eigenvalue weighted by atomic mass is 9.99. The molecule has 19 heteroatoms. The molecule has 522 valence electrons. The van der Waals surface area contributed by atoms with Gasteiger partial charge in [-0.3, -0.25) is 37.3 Å². The van der Waals surface area contributed by atoms with Gasteiger partial charge in [-0.25, -0.2) is 9.13 Å². The zero-order valence-electron chi connectivity index (χ0n) is 56.9. The Hall–Kier alpha value is -1.94. The van der Waals surface area contributed by atoms with E-state index >= 15 is 0 Å². The standard InChI is InChI=1S/C69H134O17P2/c1-6-10-13-16-19-22-25-26-27-30-33-40-45-50-55-69(74)86-65(59-80-67(72)53-48-43-38-35-34-36-41-46-51-62(5)9-4)61-84-88(77,78)82-57-63(70)56-81-87(75,76)83-60-64(85-68(73)54-49-44-39-32-29-24-21-18-15-12-8-3)58-79-66(71)52-47-42-37-31-28-23-20-17-14-11-7-2/h62-65,70H,6-61H2,1-5H3,(H,75,76)(H,77,78)/t62?,63-,64+,65+/m0/s1. The van der Waals surface area contributed by atoms with Crippen molar-refractivity contribution in [2.24, 2.45) is 5.92 Å². The number of hydrogen-bond acceptors (Lipinski definition) is 15. The van der Waals surface area contributed by atoms with Gasteiger partial charge in [-0.15, -0.1) is 0 Å². The van der Waals surface area contributed by atoms with E-state index in [-0.39, 0.29) is 25.7 Å². The van der Waals surface area contributed by atoms with Crippen LogP contribution in [0.1, 0.15) is 356 Å². The van der Waals surface area contributed by atoms with Crippen molar-refractivity contribution in [3.63, 3.8) is 0 Å². The Labute approximate surface area is 537 Å². The highest BCUT2D eigenvalue weighted by Crippen LogP contribution is 2.45. The summed E-state index contributed by atoms with van der Waals surface area (Å²) in [6, 6.07) is 0. The van der Waals surface area contributed by atoms with Crippen LogP contribution in [0.15, 0.2) is 0 Å². The maximum Gasteiger partial charge on any atom is 0.472 e. The lowest BCUT2D eigenvalue weighted by Crippen LogP contribution is -2.30. The molecule has 17 nitrogen and oxygen atoms in total. The first-order valence-corrected chi connectivity index (χ1v) is 39.2. The lowest BCUT2D eigenvalue weighted by molar-refractivity contribution is -0.161. The Morgan fingerprint density at radius 1 is 0.318 bits per heavy atom. The van der Waals surface area contributed by atoms with Gasteiger partial charge in [-0.05, 0) is 31.6 Å². The van der Waals surface area contributed by atoms with E-state index in [1.165, 1.54) is 180 Å². The molecular weight excluding hydrogens is 1160 g/mol. The number of phosphoric ester groups is 2. The molecule has 0 aromatic heterocycles. The quantitative estimate of drug-likeness (QED) is 0.0222. The van der Waals surface area contributed by atoms with Crippen molar-refractivity contribution >= 4 is 39.5 Å². The van der Waals surface area contributed by atoms with E-state index in [0.29, 0.717) is 25.7 Å². The smallest absolute Gasteiger partial charge is 0.462 e. The number of ether oxygens (including phenoxy) is 4. The Morgan fingerprint density at radius 3 is 0.807 bits per heavy atom. The summed E-state index contributed by atoms with van der Waals surface area (Å²) in [4.78, 5) is 72.5. The molecule has 0 bridgehead atoms. The van der Waals surface area contributed by atoms with Gasteiger partial charge >= 0.3 is 39.5 Å². The molecule has 0 spiro atoms. The molecule has 0 heterocycles. The minimum absolute atomic E-state index is 0.107. The largest absolute Gasteiger partial charge is 0.472 e. The summed E-state index contributed by atoms with van der Waals surface area (Å²) in [5, 5.41) is 10.6. The van der Waals surface area contributed by atoms with Gasteiger partial charge in [-0.1, -0.05) is 304 Å². The molecule has 6 atom stereocenters. The third-order valence-electron chi connectivity index (χ3n) is 16.4. The summed E-state index contributed by atoms with van der Waals surface area (Å²) in [7, 11) is -9.90. The molecule has 0 aromatic carbocycles. The Kier molecular flexibility index (Phi) is 61.1. The summed E-state index contributed by atoms with van der Waals surface area (Å²) in [6.07, 6.45) is 48.3. The number of carbonyl (C=O) groups excluding carboxylic acids is 4. The van der Waals surface area contributed by atoms with E-state index in [1.807, 2.05) is 0 Å². The molecule has 88 heavy (non-hydrogen) atoms. The summed E-state index contributed by atoms with van der Waals surface area (Å²) < 4.78 is 68.2. The predicted octanol–water partition coefficient (Wildman–Crippen LogP) is 19.7. The highest BCUT2D eigenvalue weighted by atomic mass is 31.2. The van der Waals surface area contributed by atoms with Gasteiger partial charge in [0.25, 0.3) is 0 Å². The number of aliphatic hydroxyl groups is 1. The number of unbranched alkanes of at least 4 members (excludes halogenated alkanes) is 40. The Balaban J connectivity index is 5.25. The van der Waals surface area contributed by atoms with Crippen LogP contribution >= 0.6 is 15.6 Å². The normalized spacial score (nSPS) is 14.4. The number of esters is 4. The van der Waals surface area contributed by atoms with E-state index in [4.69, 9.17) is 37.0 Å². The van der Waals surface area contributed by atoms with Crippen molar-refractivity contribution < 1.29 is 80.2 Å². The predicted molar refractivity (Wildman–Crippen MR) is 354 cm³/mol. The van der Waals surface area contributed by atoms with Crippen molar-refractivity contribution in [1.82, 2.24) is 0 Å². The summed E-state index contributed by atoms with van der Waals surface area (Å²) in [6.45, 7) is 7.24. The lowest BCUT2D eigenvalue weighted by Gasteiger charge is -2.21. The van der Waals surface area contributed by atoms with Crippen molar-refractivity contribution in [2.45, 2.75) is 374 Å². The van der Waals surface area contributed by atoms with E-state index in [9.17, 15) is 43.2 Å². The van der Waals surface area contributed by atoms with Crippen LogP contribution in [0.3, 0.4) is 0 Å². The highest BCUT2D eigenvalue weighted by Gasteiger charge is 2.30. The zero-order chi connectivity index (χ0) is 64.9. The number of hydrogen-bond donors (Lipinski definition) is 3. The van der Waals surface area contributed by atoms with E-state index in [2.05, 4.69) is 34.6 Å². The maximum atomic E-state index is 13.0. The Morgan fingerprint density at radius 2 is 0.545 bits per heavy atom. The van der Waals surface area contributed by atoms with Crippen LogP contribution in [0.2, 0.25) is 0 Å². The van der Waals surface area contributed by atoms with E-state index < -0.39 is 97.5 Å². The molecule has 3 unspecified atom stereocenters. The van der Waals surface area contributed by atoms with Crippen LogP contribution in [0.5, 0.6) is 0 Å². The van der Waals surface area contributed by atoms with Crippen LogP contribution in [0.4, 0.5) is 0 Å². The summed E-state index contributed by atoms with van der Waals surface area (Å²) in [5.41, 5.74) is 0.